The van der Waals surface area contributed by atoms with Crippen molar-refractivity contribution < 1.29 is 14.3 Å². The highest BCUT2D eigenvalue weighted by molar-refractivity contribution is 5.33. The predicted molar refractivity (Wildman–Crippen MR) is 33.5 cm³/mol. The first kappa shape index (κ1) is 7.41. The molecule has 0 spiro atoms. The second-order valence-corrected chi connectivity index (χ2v) is 2.02. The lowest BCUT2D eigenvalue weighted by atomic mass is 10.4. The van der Waals surface area contributed by atoms with Crippen LogP contribution in [0, 0.1) is 0 Å². The lowest BCUT2D eigenvalue weighted by Gasteiger charge is -2.02. The first-order chi connectivity index (χ1) is 4.93. The van der Waals surface area contributed by atoms with E-state index in [1.807, 2.05) is 0 Å². The first-order valence-electron chi connectivity index (χ1n) is 3.16. The molecule has 0 aliphatic carbocycles. The Hall–Kier alpha value is -0.700. The molecule has 0 radical (unpaired) electrons. The molecule has 4 nitrogen and oxygen atoms in total. The van der Waals surface area contributed by atoms with Gasteiger partial charge >= 0.3 is 0 Å². The molecule has 0 aromatic rings. The SMILES string of the molecule is O=C=NC1COCCOC1. The molecule has 1 aliphatic rings. The molecule has 1 saturated heterocycles. The highest BCUT2D eigenvalue weighted by Crippen LogP contribution is 1.97. The summed E-state index contributed by atoms with van der Waals surface area (Å²) in [5, 5.41) is 0. The van der Waals surface area contributed by atoms with Gasteiger partial charge in [-0.25, -0.2) is 4.79 Å². The number of hydrogen-bond acceptors (Lipinski definition) is 4. The van der Waals surface area contributed by atoms with Crippen molar-refractivity contribution in [1.29, 1.82) is 0 Å². The van der Waals surface area contributed by atoms with Gasteiger partial charge in [-0.15, -0.1) is 0 Å². The van der Waals surface area contributed by atoms with Gasteiger partial charge in [-0.3, -0.25) is 0 Å². The summed E-state index contributed by atoms with van der Waals surface area (Å²) in [6.45, 7) is 2.11. The van der Waals surface area contributed by atoms with Crippen LogP contribution in [0.25, 0.3) is 0 Å². The van der Waals surface area contributed by atoms with Crippen LogP contribution in [0.3, 0.4) is 0 Å². The third-order valence-electron chi connectivity index (χ3n) is 1.23. The van der Waals surface area contributed by atoms with E-state index in [9.17, 15) is 4.79 Å². The Bertz CT molecular complexity index is 134. The zero-order valence-electron chi connectivity index (χ0n) is 5.58. The van der Waals surface area contributed by atoms with Gasteiger partial charge in [-0.1, -0.05) is 0 Å². The number of hydrogen-bond donors (Lipinski definition) is 0. The molecule has 0 atom stereocenters. The number of ether oxygens (including phenoxy) is 2. The fraction of sp³-hybridized carbons (Fsp3) is 0.833. The summed E-state index contributed by atoms with van der Waals surface area (Å²) < 4.78 is 10.1. The zero-order chi connectivity index (χ0) is 7.23. The molecule has 0 saturated carbocycles. The molecule has 1 heterocycles. The maximum absolute atomic E-state index is 9.78. The second-order valence-electron chi connectivity index (χ2n) is 2.02. The maximum atomic E-state index is 9.78. The van der Waals surface area contributed by atoms with Crippen molar-refractivity contribution in [3.63, 3.8) is 0 Å². The third-order valence-corrected chi connectivity index (χ3v) is 1.23. The topological polar surface area (TPSA) is 47.9 Å². The van der Waals surface area contributed by atoms with Crippen molar-refractivity contribution in [3.05, 3.63) is 0 Å². The first-order valence-corrected chi connectivity index (χ1v) is 3.16. The van der Waals surface area contributed by atoms with Crippen LogP contribution >= 0.6 is 0 Å². The van der Waals surface area contributed by atoms with Gasteiger partial charge in [0.2, 0.25) is 6.08 Å². The number of carbonyl (C=O) groups excluding carboxylic acids is 1. The number of isocyanates is 1. The largest absolute Gasteiger partial charge is 0.377 e. The van der Waals surface area contributed by atoms with E-state index < -0.39 is 0 Å². The molecule has 0 amide bonds. The van der Waals surface area contributed by atoms with E-state index in [0.717, 1.165) is 0 Å². The Labute approximate surface area is 58.8 Å². The normalized spacial score (nSPS) is 21.2. The van der Waals surface area contributed by atoms with Gasteiger partial charge in [0.25, 0.3) is 0 Å². The second kappa shape index (κ2) is 4.17. The van der Waals surface area contributed by atoms with Crippen LogP contribution in [0.15, 0.2) is 4.99 Å². The Morgan fingerprint density at radius 1 is 1.30 bits per heavy atom. The van der Waals surface area contributed by atoms with Gasteiger partial charge < -0.3 is 9.47 Å². The van der Waals surface area contributed by atoms with Crippen LogP contribution in [0.5, 0.6) is 0 Å². The van der Waals surface area contributed by atoms with Crippen LogP contribution in [-0.4, -0.2) is 38.5 Å². The van der Waals surface area contributed by atoms with Crippen LogP contribution in [0.4, 0.5) is 0 Å². The fourth-order valence-electron chi connectivity index (χ4n) is 0.754. The van der Waals surface area contributed by atoms with E-state index in [4.69, 9.17) is 9.47 Å². The van der Waals surface area contributed by atoms with Crippen molar-refractivity contribution >= 4 is 6.08 Å². The summed E-state index contributed by atoms with van der Waals surface area (Å²) in [5.41, 5.74) is 0. The lowest BCUT2D eigenvalue weighted by Crippen LogP contribution is -2.15. The molecule has 56 valence electrons. The number of aliphatic imine (C=N–C) groups is 1. The van der Waals surface area contributed by atoms with Gasteiger partial charge in [0.1, 0.15) is 6.04 Å². The summed E-state index contributed by atoms with van der Waals surface area (Å²) in [4.78, 5) is 13.3. The van der Waals surface area contributed by atoms with Crippen molar-refractivity contribution in [2.24, 2.45) is 4.99 Å². The Balaban J connectivity index is 2.34. The van der Waals surface area contributed by atoms with E-state index in [0.29, 0.717) is 26.4 Å². The van der Waals surface area contributed by atoms with Crippen LogP contribution in [0.2, 0.25) is 0 Å². The minimum absolute atomic E-state index is 0.153. The summed E-state index contributed by atoms with van der Waals surface area (Å²) in [6.07, 6.45) is 1.48. The van der Waals surface area contributed by atoms with Crippen molar-refractivity contribution in [2.75, 3.05) is 26.4 Å². The predicted octanol–water partition coefficient (Wildman–Crippen LogP) is -0.262. The highest BCUT2D eigenvalue weighted by atomic mass is 16.5. The van der Waals surface area contributed by atoms with Crippen molar-refractivity contribution in [2.45, 2.75) is 6.04 Å². The van der Waals surface area contributed by atoms with Crippen LogP contribution in [-0.2, 0) is 14.3 Å². The van der Waals surface area contributed by atoms with E-state index in [-0.39, 0.29) is 6.04 Å². The van der Waals surface area contributed by atoms with Gasteiger partial charge in [0, 0.05) is 0 Å². The highest BCUT2D eigenvalue weighted by Gasteiger charge is 2.10. The standard InChI is InChI=1S/C6H9NO3/c8-5-7-6-3-9-1-2-10-4-6/h6H,1-4H2. The van der Waals surface area contributed by atoms with E-state index in [2.05, 4.69) is 4.99 Å². The summed E-state index contributed by atoms with van der Waals surface area (Å²) in [5.74, 6) is 0. The molecular weight excluding hydrogens is 134 g/mol. The Kier molecular flexibility index (Phi) is 3.09. The molecule has 1 rings (SSSR count). The van der Waals surface area contributed by atoms with Gasteiger partial charge in [0.15, 0.2) is 0 Å². The van der Waals surface area contributed by atoms with Crippen LogP contribution < -0.4 is 0 Å². The molecular formula is C6H9NO3. The lowest BCUT2D eigenvalue weighted by molar-refractivity contribution is 0.103. The quantitative estimate of drug-likeness (QED) is 0.375. The average Bonchev–Trinajstić information content (AvgIpc) is 2.17. The Morgan fingerprint density at radius 3 is 2.40 bits per heavy atom. The number of rotatable bonds is 1. The molecule has 10 heavy (non-hydrogen) atoms. The monoisotopic (exact) mass is 143 g/mol. The minimum atomic E-state index is -0.153. The molecule has 0 unspecified atom stereocenters. The summed E-state index contributed by atoms with van der Waals surface area (Å²) >= 11 is 0. The number of nitrogens with zero attached hydrogens (tertiary/aromatic N) is 1. The minimum Gasteiger partial charge on any atom is -0.377 e. The van der Waals surface area contributed by atoms with E-state index >= 15 is 0 Å². The molecule has 0 bridgehead atoms. The van der Waals surface area contributed by atoms with Gasteiger partial charge in [-0.05, 0) is 0 Å². The van der Waals surface area contributed by atoms with Crippen LogP contribution in [0.1, 0.15) is 0 Å². The maximum Gasteiger partial charge on any atom is 0.235 e. The van der Waals surface area contributed by atoms with E-state index in [1.165, 1.54) is 6.08 Å². The van der Waals surface area contributed by atoms with E-state index in [1.54, 1.807) is 0 Å². The van der Waals surface area contributed by atoms with Crippen molar-refractivity contribution in [1.82, 2.24) is 0 Å². The molecule has 0 N–H and O–H groups in total. The smallest absolute Gasteiger partial charge is 0.235 e. The Morgan fingerprint density at radius 2 is 1.90 bits per heavy atom. The molecule has 0 aromatic heterocycles. The molecule has 1 fully saturated rings. The molecule has 4 heteroatoms. The third kappa shape index (κ3) is 2.27. The van der Waals surface area contributed by atoms with Gasteiger partial charge in [-0.2, -0.15) is 4.99 Å². The zero-order valence-corrected chi connectivity index (χ0v) is 5.58. The van der Waals surface area contributed by atoms with Gasteiger partial charge in [0.05, 0.1) is 26.4 Å². The molecule has 1 aliphatic heterocycles. The molecule has 0 aromatic carbocycles. The van der Waals surface area contributed by atoms with Crippen molar-refractivity contribution in [3.8, 4) is 0 Å². The average molecular weight is 143 g/mol. The summed E-state index contributed by atoms with van der Waals surface area (Å²) in [7, 11) is 0. The summed E-state index contributed by atoms with van der Waals surface area (Å²) in [6, 6.07) is -0.153. The fourth-order valence-corrected chi connectivity index (χ4v) is 0.754.